The number of aliphatic hydroxyl groups is 2. The van der Waals surface area contributed by atoms with E-state index in [0.717, 1.165) is 11.0 Å². The van der Waals surface area contributed by atoms with Crippen LogP contribution in [0.5, 0.6) is 0 Å². The first-order valence-electron chi connectivity index (χ1n) is 6.82. The third kappa shape index (κ3) is 3.40. The van der Waals surface area contributed by atoms with E-state index in [9.17, 15) is 19.8 Å². The van der Waals surface area contributed by atoms with Crippen LogP contribution in [0.15, 0.2) is 6.33 Å². The molecular weight excluding hydrogens is 296 g/mol. The van der Waals surface area contributed by atoms with Gasteiger partial charge >= 0.3 is 5.97 Å². The van der Waals surface area contributed by atoms with Crippen LogP contribution in [0.4, 0.5) is 0 Å². The van der Waals surface area contributed by atoms with E-state index < -0.39 is 36.4 Å². The van der Waals surface area contributed by atoms with Gasteiger partial charge in [-0.05, 0) is 6.42 Å². The van der Waals surface area contributed by atoms with Crippen LogP contribution >= 0.6 is 0 Å². The topological polar surface area (TPSA) is 150 Å². The van der Waals surface area contributed by atoms with Crippen molar-refractivity contribution in [2.24, 2.45) is 5.73 Å². The number of rotatable bonds is 6. The summed E-state index contributed by atoms with van der Waals surface area (Å²) in [6.45, 7) is 1.65. The normalized spacial score (nSPS) is 27.8. The Morgan fingerprint density at radius 3 is 2.77 bits per heavy atom. The quantitative estimate of drug-likeness (QED) is 0.528. The molecule has 4 atom stereocenters. The largest absolute Gasteiger partial charge is 0.463 e. The van der Waals surface area contributed by atoms with Crippen molar-refractivity contribution in [3.63, 3.8) is 0 Å². The van der Waals surface area contributed by atoms with Gasteiger partial charge in [0.1, 0.15) is 31.2 Å². The summed E-state index contributed by atoms with van der Waals surface area (Å²) in [5, 5.41) is 23.7. The number of carbonyl (C=O) groups is 2. The molecule has 0 radical (unpaired) electrons. The zero-order chi connectivity index (χ0) is 16.3. The van der Waals surface area contributed by atoms with Crippen LogP contribution in [0, 0.1) is 0 Å². The molecule has 1 aromatic heterocycles. The van der Waals surface area contributed by atoms with Gasteiger partial charge in [0.25, 0.3) is 5.91 Å². The predicted octanol–water partition coefficient (Wildman–Crippen LogP) is -1.66. The molecule has 1 aliphatic rings. The van der Waals surface area contributed by atoms with Crippen LogP contribution in [0.25, 0.3) is 0 Å². The number of nitrogens with zero attached hydrogens (tertiary/aromatic N) is 3. The summed E-state index contributed by atoms with van der Waals surface area (Å²) in [6, 6.07) is 0. The highest BCUT2D eigenvalue weighted by Crippen LogP contribution is 2.28. The monoisotopic (exact) mass is 314 g/mol. The summed E-state index contributed by atoms with van der Waals surface area (Å²) >= 11 is 0. The molecule has 0 bridgehead atoms. The van der Waals surface area contributed by atoms with Crippen molar-refractivity contribution in [1.29, 1.82) is 0 Å². The molecule has 1 saturated heterocycles. The Bertz CT molecular complexity index is 547. The Labute approximate surface area is 125 Å². The summed E-state index contributed by atoms with van der Waals surface area (Å²) in [6.07, 6.45) is -2.45. The molecule has 2 heterocycles. The van der Waals surface area contributed by atoms with Crippen LogP contribution in [-0.2, 0) is 14.3 Å². The van der Waals surface area contributed by atoms with E-state index in [0.29, 0.717) is 6.42 Å². The van der Waals surface area contributed by atoms with Gasteiger partial charge in [-0.3, -0.25) is 9.59 Å². The van der Waals surface area contributed by atoms with Gasteiger partial charge in [-0.15, -0.1) is 5.10 Å². The first-order chi connectivity index (χ1) is 10.4. The third-order valence-corrected chi connectivity index (χ3v) is 3.19. The Kier molecular flexibility index (Phi) is 5.06. The minimum Gasteiger partial charge on any atom is -0.463 e. The molecule has 10 heteroatoms. The van der Waals surface area contributed by atoms with E-state index in [2.05, 4.69) is 10.1 Å². The Morgan fingerprint density at radius 2 is 2.18 bits per heavy atom. The van der Waals surface area contributed by atoms with Crippen molar-refractivity contribution in [2.45, 2.75) is 44.3 Å². The molecule has 0 unspecified atom stereocenters. The third-order valence-electron chi connectivity index (χ3n) is 3.19. The Morgan fingerprint density at radius 1 is 1.45 bits per heavy atom. The standard InChI is InChI=1S/C12H18N4O6/c1-2-3-7(17)21-4-6-8(18)9(19)12(22-6)16-5-14-11(15-16)10(13)20/h5-6,8-9,12,18-19H,2-4H2,1H3,(H2,13,20)/t6-,8-,9-,12-/m1/s1. The van der Waals surface area contributed by atoms with Crippen LogP contribution in [0.2, 0.25) is 0 Å². The molecule has 0 aromatic carbocycles. The van der Waals surface area contributed by atoms with Gasteiger partial charge in [-0.2, -0.15) is 0 Å². The molecule has 122 valence electrons. The summed E-state index contributed by atoms with van der Waals surface area (Å²) in [7, 11) is 0. The van der Waals surface area contributed by atoms with Crippen molar-refractivity contribution < 1.29 is 29.3 Å². The SMILES string of the molecule is CCCC(=O)OC[C@H]1O[C@@H](n2cnc(C(N)=O)n2)[C@H](O)[C@@H]1O. The molecule has 1 aromatic rings. The Hall–Kier alpha value is -2.04. The lowest BCUT2D eigenvalue weighted by atomic mass is 10.1. The smallest absolute Gasteiger partial charge is 0.305 e. The summed E-state index contributed by atoms with van der Waals surface area (Å²) in [4.78, 5) is 25.9. The number of amides is 1. The lowest BCUT2D eigenvalue weighted by Gasteiger charge is -2.14. The van der Waals surface area contributed by atoms with Gasteiger partial charge in [0.15, 0.2) is 6.23 Å². The zero-order valence-corrected chi connectivity index (χ0v) is 12.0. The van der Waals surface area contributed by atoms with E-state index >= 15 is 0 Å². The minimum absolute atomic E-state index is 0.190. The number of primary amides is 1. The van der Waals surface area contributed by atoms with Crippen molar-refractivity contribution in [3.8, 4) is 0 Å². The molecule has 0 spiro atoms. The fraction of sp³-hybridized carbons (Fsp3) is 0.667. The predicted molar refractivity (Wildman–Crippen MR) is 70.3 cm³/mol. The summed E-state index contributed by atoms with van der Waals surface area (Å²) < 4.78 is 11.5. The van der Waals surface area contributed by atoms with E-state index in [4.69, 9.17) is 15.2 Å². The molecule has 22 heavy (non-hydrogen) atoms. The number of aromatic nitrogens is 3. The van der Waals surface area contributed by atoms with Gasteiger partial charge in [-0.25, -0.2) is 9.67 Å². The second-order valence-corrected chi connectivity index (χ2v) is 4.89. The maximum absolute atomic E-state index is 11.3. The maximum atomic E-state index is 11.3. The number of nitrogens with two attached hydrogens (primary N) is 1. The van der Waals surface area contributed by atoms with E-state index in [1.807, 2.05) is 6.92 Å². The van der Waals surface area contributed by atoms with Crippen LogP contribution in [-0.4, -0.2) is 61.8 Å². The first kappa shape index (κ1) is 16.3. The second-order valence-electron chi connectivity index (χ2n) is 4.89. The van der Waals surface area contributed by atoms with Crippen LogP contribution < -0.4 is 5.73 Å². The number of hydrogen-bond donors (Lipinski definition) is 3. The Balaban J connectivity index is 1.99. The highest BCUT2D eigenvalue weighted by molar-refractivity contribution is 5.88. The molecule has 1 aliphatic heterocycles. The van der Waals surface area contributed by atoms with Crippen LogP contribution in [0.3, 0.4) is 0 Å². The summed E-state index contributed by atoms with van der Waals surface area (Å²) in [5.74, 6) is -1.46. The fourth-order valence-corrected chi connectivity index (χ4v) is 2.05. The maximum Gasteiger partial charge on any atom is 0.305 e. The first-order valence-corrected chi connectivity index (χ1v) is 6.82. The molecule has 10 nitrogen and oxygen atoms in total. The number of esters is 1. The van der Waals surface area contributed by atoms with Crippen molar-refractivity contribution in [3.05, 3.63) is 12.2 Å². The number of aliphatic hydroxyl groups excluding tert-OH is 2. The highest BCUT2D eigenvalue weighted by atomic mass is 16.6. The highest BCUT2D eigenvalue weighted by Gasteiger charge is 2.44. The van der Waals surface area contributed by atoms with Gasteiger partial charge in [0, 0.05) is 6.42 Å². The van der Waals surface area contributed by atoms with Gasteiger partial charge in [0.2, 0.25) is 5.82 Å². The molecule has 0 saturated carbocycles. The van der Waals surface area contributed by atoms with Gasteiger partial charge in [0.05, 0.1) is 0 Å². The van der Waals surface area contributed by atoms with E-state index in [1.54, 1.807) is 0 Å². The lowest BCUT2D eigenvalue weighted by molar-refractivity contribution is -0.150. The molecule has 1 amide bonds. The van der Waals surface area contributed by atoms with Crippen molar-refractivity contribution in [2.75, 3.05) is 6.61 Å². The summed E-state index contributed by atoms with van der Waals surface area (Å²) in [5.41, 5.74) is 5.04. The number of hydrogen-bond acceptors (Lipinski definition) is 8. The average Bonchev–Trinajstić information content (AvgIpc) is 3.05. The number of carbonyl (C=O) groups excluding carboxylic acids is 2. The fourth-order valence-electron chi connectivity index (χ4n) is 2.05. The van der Waals surface area contributed by atoms with Crippen molar-refractivity contribution >= 4 is 11.9 Å². The molecule has 1 fully saturated rings. The average molecular weight is 314 g/mol. The molecule has 4 N–H and O–H groups in total. The van der Waals surface area contributed by atoms with E-state index in [1.165, 1.54) is 0 Å². The van der Waals surface area contributed by atoms with Gasteiger partial charge in [-0.1, -0.05) is 6.92 Å². The zero-order valence-electron chi connectivity index (χ0n) is 12.0. The van der Waals surface area contributed by atoms with E-state index in [-0.39, 0.29) is 18.9 Å². The molecular formula is C12H18N4O6. The van der Waals surface area contributed by atoms with Crippen LogP contribution in [0.1, 0.15) is 36.6 Å². The number of ether oxygens (including phenoxy) is 2. The molecule has 0 aliphatic carbocycles. The van der Waals surface area contributed by atoms with Gasteiger partial charge < -0.3 is 25.4 Å². The molecule has 2 rings (SSSR count). The van der Waals surface area contributed by atoms with Crippen molar-refractivity contribution in [1.82, 2.24) is 14.8 Å². The second kappa shape index (κ2) is 6.81. The lowest BCUT2D eigenvalue weighted by Crippen LogP contribution is -2.34. The minimum atomic E-state index is -1.31.